The monoisotopic (exact) mass is 224 g/mol. The van der Waals surface area contributed by atoms with E-state index in [2.05, 4.69) is 20.8 Å². The minimum absolute atomic E-state index is 1.04. The fourth-order valence-electron chi connectivity index (χ4n) is 3.60. The Bertz CT molecular complexity index is 153. The van der Waals surface area contributed by atoms with E-state index in [0.29, 0.717) is 0 Å². The zero-order valence-electron chi connectivity index (χ0n) is 11.8. The maximum atomic E-state index is 2.40. The predicted octanol–water partition coefficient (Wildman–Crippen LogP) is 5.81. The molecule has 16 heavy (non-hydrogen) atoms. The van der Waals surface area contributed by atoms with Gasteiger partial charge in [-0.2, -0.15) is 0 Å². The summed E-state index contributed by atoms with van der Waals surface area (Å²) in [7, 11) is 0. The molecule has 0 radical (unpaired) electrons. The molecule has 0 aromatic rings. The molecule has 0 amide bonds. The standard InChI is InChI=1S/C16H32/c1-4-7-9-15(6-3)16-12-10-14(8-5-2)11-13-16/h14-16H,4-13H2,1-3H3. The molecule has 0 nitrogen and oxygen atoms in total. The minimum atomic E-state index is 1.04. The lowest BCUT2D eigenvalue weighted by molar-refractivity contribution is 0.183. The Morgan fingerprint density at radius 1 is 0.938 bits per heavy atom. The van der Waals surface area contributed by atoms with E-state index in [0.717, 1.165) is 17.8 Å². The van der Waals surface area contributed by atoms with Crippen molar-refractivity contribution in [3.8, 4) is 0 Å². The summed E-state index contributed by atoms with van der Waals surface area (Å²) in [5, 5.41) is 0. The zero-order valence-corrected chi connectivity index (χ0v) is 11.8. The highest BCUT2D eigenvalue weighted by molar-refractivity contribution is 4.77. The highest BCUT2D eigenvalue weighted by Crippen LogP contribution is 2.38. The van der Waals surface area contributed by atoms with Gasteiger partial charge in [0.25, 0.3) is 0 Å². The minimum Gasteiger partial charge on any atom is -0.0654 e. The average Bonchev–Trinajstić information content (AvgIpc) is 2.32. The number of rotatable bonds is 7. The maximum absolute atomic E-state index is 2.40. The van der Waals surface area contributed by atoms with Gasteiger partial charge in [0.05, 0.1) is 0 Å². The molecule has 1 aliphatic carbocycles. The smallest absolute Gasteiger partial charge is 0.0386 e. The van der Waals surface area contributed by atoms with E-state index in [1.165, 1.54) is 64.2 Å². The van der Waals surface area contributed by atoms with E-state index in [-0.39, 0.29) is 0 Å². The Morgan fingerprint density at radius 2 is 1.62 bits per heavy atom. The van der Waals surface area contributed by atoms with Crippen LogP contribution in [-0.2, 0) is 0 Å². The molecule has 1 aliphatic rings. The van der Waals surface area contributed by atoms with E-state index in [4.69, 9.17) is 0 Å². The van der Waals surface area contributed by atoms with Gasteiger partial charge < -0.3 is 0 Å². The molecule has 1 atom stereocenters. The fraction of sp³-hybridized carbons (Fsp3) is 1.00. The molecule has 0 aromatic heterocycles. The summed E-state index contributed by atoms with van der Waals surface area (Å²) in [5.41, 5.74) is 0. The lowest BCUT2D eigenvalue weighted by Crippen LogP contribution is -2.21. The van der Waals surface area contributed by atoms with Crippen LogP contribution in [0.1, 0.15) is 85.0 Å². The number of hydrogen-bond acceptors (Lipinski definition) is 0. The van der Waals surface area contributed by atoms with Gasteiger partial charge in [0.15, 0.2) is 0 Å². The lowest BCUT2D eigenvalue weighted by atomic mass is 9.72. The summed E-state index contributed by atoms with van der Waals surface area (Å²) < 4.78 is 0. The molecular weight excluding hydrogens is 192 g/mol. The van der Waals surface area contributed by atoms with Crippen molar-refractivity contribution in [1.82, 2.24) is 0 Å². The first kappa shape index (κ1) is 14.1. The molecule has 1 unspecified atom stereocenters. The van der Waals surface area contributed by atoms with Crippen molar-refractivity contribution in [2.24, 2.45) is 17.8 Å². The molecular formula is C16H32. The van der Waals surface area contributed by atoms with E-state index < -0.39 is 0 Å². The second kappa shape index (κ2) is 8.14. The van der Waals surface area contributed by atoms with Gasteiger partial charge in [-0.15, -0.1) is 0 Å². The van der Waals surface area contributed by atoms with Crippen molar-refractivity contribution >= 4 is 0 Å². The van der Waals surface area contributed by atoms with E-state index in [1.807, 2.05) is 0 Å². The van der Waals surface area contributed by atoms with Gasteiger partial charge in [0.1, 0.15) is 0 Å². The van der Waals surface area contributed by atoms with Gasteiger partial charge >= 0.3 is 0 Å². The Morgan fingerprint density at radius 3 is 2.12 bits per heavy atom. The van der Waals surface area contributed by atoms with Gasteiger partial charge in [-0.05, 0) is 30.6 Å². The Balaban J connectivity index is 2.27. The molecule has 0 heterocycles. The van der Waals surface area contributed by atoms with Gasteiger partial charge in [-0.3, -0.25) is 0 Å². The normalized spacial score (nSPS) is 27.9. The van der Waals surface area contributed by atoms with Crippen LogP contribution in [0.4, 0.5) is 0 Å². The van der Waals surface area contributed by atoms with Crippen LogP contribution in [0.2, 0.25) is 0 Å². The molecule has 0 heteroatoms. The maximum Gasteiger partial charge on any atom is -0.0386 e. The SMILES string of the molecule is CCCCC(CC)C1CCC(CCC)CC1. The first-order valence-electron chi connectivity index (χ1n) is 7.81. The summed E-state index contributed by atoms with van der Waals surface area (Å²) >= 11 is 0. The van der Waals surface area contributed by atoms with E-state index in [1.54, 1.807) is 0 Å². The van der Waals surface area contributed by atoms with Crippen molar-refractivity contribution in [3.63, 3.8) is 0 Å². The van der Waals surface area contributed by atoms with Crippen molar-refractivity contribution < 1.29 is 0 Å². The largest absolute Gasteiger partial charge is 0.0654 e. The fourth-order valence-corrected chi connectivity index (χ4v) is 3.60. The van der Waals surface area contributed by atoms with Gasteiger partial charge in [0.2, 0.25) is 0 Å². The molecule has 0 spiro atoms. The molecule has 1 fully saturated rings. The Labute approximate surface area is 103 Å². The van der Waals surface area contributed by atoms with Gasteiger partial charge in [-0.25, -0.2) is 0 Å². The average molecular weight is 224 g/mol. The van der Waals surface area contributed by atoms with Crippen LogP contribution >= 0.6 is 0 Å². The van der Waals surface area contributed by atoms with Crippen LogP contribution in [0.15, 0.2) is 0 Å². The predicted molar refractivity (Wildman–Crippen MR) is 73.7 cm³/mol. The van der Waals surface area contributed by atoms with Gasteiger partial charge in [-0.1, -0.05) is 72.1 Å². The Kier molecular flexibility index (Phi) is 7.16. The first-order valence-corrected chi connectivity index (χ1v) is 7.81. The lowest BCUT2D eigenvalue weighted by Gasteiger charge is -2.33. The van der Waals surface area contributed by atoms with Crippen molar-refractivity contribution in [1.29, 1.82) is 0 Å². The van der Waals surface area contributed by atoms with Crippen molar-refractivity contribution in [3.05, 3.63) is 0 Å². The molecule has 0 saturated heterocycles. The third-order valence-corrected chi connectivity index (χ3v) is 4.71. The molecule has 1 saturated carbocycles. The second-order valence-corrected chi connectivity index (χ2v) is 5.88. The second-order valence-electron chi connectivity index (χ2n) is 5.88. The summed E-state index contributed by atoms with van der Waals surface area (Å²) in [5.74, 6) is 3.19. The van der Waals surface area contributed by atoms with Crippen LogP contribution in [0.3, 0.4) is 0 Å². The van der Waals surface area contributed by atoms with Crippen LogP contribution in [-0.4, -0.2) is 0 Å². The quantitative estimate of drug-likeness (QED) is 0.512. The van der Waals surface area contributed by atoms with Crippen molar-refractivity contribution in [2.45, 2.75) is 85.0 Å². The first-order chi connectivity index (χ1) is 7.81. The molecule has 0 N–H and O–H groups in total. The van der Waals surface area contributed by atoms with Crippen molar-refractivity contribution in [2.75, 3.05) is 0 Å². The molecule has 0 aliphatic heterocycles. The summed E-state index contributed by atoms with van der Waals surface area (Å²) in [6.45, 7) is 7.06. The van der Waals surface area contributed by atoms with E-state index >= 15 is 0 Å². The number of unbranched alkanes of at least 4 members (excludes halogenated alkanes) is 1. The highest BCUT2D eigenvalue weighted by Gasteiger charge is 2.25. The van der Waals surface area contributed by atoms with Crippen LogP contribution < -0.4 is 0 Å². The molecule has 0 bridgehead atoms. The highest BCUT2D eigenvalue weighted by atomic mass is 14.3. The van der Waals surface area contributed by atoms with Gasteiger partial charge in [0, 0.05) is 0 Å². The summed E-state index contributed by atoms with van der Waals surface area (Å²) in [6.07, 6.45) is 14.7. The van der Waals surface area contributed by atoms with Crippen LogP contribution in [0, 0.1) is 17.8 Å². The third-order valence-electron chi connectivity index (χ3n) is 4.71. The van der Waals surface area contributed by atoms with Crippen LogP contribution in [0.5, 0.6) is 0 Å². The summed E-state index contributed by atoms with van der Waals surface area (Å²) in [4.78, 5) is 0. The topological polar surface area (TPSA) is 0 Å². The molecule has 1 rings (SSSR count). The Hall–Kier alpha value is 0. The zero-order chi connectivity index (χ0) is 11.8. The van der Waals surface area contributed by atoms with Crippen LogP contribution in [0.25, 0.3) is 0 Å². The molecule has 0 aromatic carbocycles. The summed E-state index contributed by atoms with van der Waals surface area (Å²) in [6, 6.07) is 0. The molecule has 96 valence electrons. The number of hydrogen-bond donors (Lipinski definition) is 0. The van der Waals surface area contributed by atoms with E-state index in [9.17, 15) is 0 Å². The third kappa shape index (κ3) is 4.47.